The number of ether oxygens (including phenoxy) is 1. The van der Waals surface area contributed by atoms with Gasteiger partial charge in [0.2, 0.25) is 11.8 Å². The average molecular weight is 472 g/mol. The van der Waals surface area contributed by atoms with Crippen LogP contribution in [-0.4, -0.2) is 42.4 Å². The molecule has 1 aliphatic rings. The van der Waals surface area contributed by atoms with Crippen molar-refractivity contribution in [2.24, 2.45) is 0 Å². The Labute approximate surface area is 207 Å². The van der Waals surface area contributed by atoms with E-state index >= 15 is 0 Å². The Morgan fingerprint density at radius 3 is 2.34 bits per heavy atom. The van der Waals surface area contributed by atoms with E-state index in [2.05, 4.69) is 22.8 Å². The molecular formula is C29H33N3O3. The van der Waals surface area contributed by atoms with Gasteiger partial charge in [-0.25, -0.2) is 0 Å². The molecule has 2 N–H and O–H groups in total. The number of benzene rings is 3. The number of piperazine rings is 1. The summed E-state index contributed by atoms with van der Waals surface area (Å²) in [6.45, 7) is 4.26. The van der Waals surface area contributed by atoms with Crippen molar-refractivity contribution < 1.29 is 14.3 Å². The van der Waals surface area contributed by atoms with Crippen molar-refractivity contribution in [3.63, 3.8) is 0 Å². The lowest BCUT2D eigenvalue weighted by atomic mass is 10.0. The molecule has 1 saturated heterocycles. The number of para-hydroxylation sites is 2. The van der Waals surface area contributed by atoms with Gasteiger partial charge in [0.15, 0.2) is 0 Å². The summed E-state index contributed by atoms with van der Waals surface area (Å²) in [6.07, 6.45) is 1.88. The van der Waals surface area contributed by atoms with Gasteiger partial charge in [-0.05, 0) is 36.1 Å². The summed E-state index contributed by atoms with van der Waals surface area (Å²) in [7, 11) is 0. The highest BCUT2D eigenvalue weighted by atomic mass is 16.5. The van der Waals surface area contributed by atoms with Gasteiger partial charge >= 0.3 is 0 Å². The number of rotatable bonds is 9. The van der Waals surface area contributed by atoms with Gasteiger partial charge < -0.3 is 20.3 Å². The van der Waals surface area contributed by atoms with Crippen molar-refractivity contribution in [2.45, 2.75) is 38.8 Å². The molecule has 0 bridgehead atoms. The minimum absolute atomic E-state index is 0.0859. The highest BCUT2D eigenvalue weighted by Gasteiger charge is 2.26. The molecule has 6 heteroatoms. The Morgan fingerprint density at radius 1 is 0.943 bits per heavy atom. The molecule has 1 heterocycles. The van der Waals surface area contributed by atoms with Crippen LogP contribution < -0.4 is 15.4 Å². The van der Waals surface area contributed by atoms with Gasteiger partial charge in [0.1, 0.15) is 11.5 Å². The van der Waals surface area contributed by atoms with E-state index in [1.165, 1.54) is 12.5 Å². The highest BCUT2D eigenvalue weighted by Crippen LogP contribution is 2.29. The lowest BCUT2D eigenvalue weighted by Crippen LogP contribution is -2.54. The third-order valence-electron chi connectivity index (χ3n) is 6.29. The Morgan fingerprint density at radius 2 is 1.60 bits per heavy atom. The standard InChI is InChI=1S/C29H33N3O3/c1-22(33)31-20-25-12-6-8-14-28(25)35-27-13-7-5-11-24(27)15-16-29(34)32-18-17-30-21-26(32)19-23-9-3-2-4-10-23/h2-14,26,30H,15-21H2,1H3,(H,31,33). The minimum atomic E-state index is -0.0859. The summed E-state index contributed by atoms with van der Waals surface area (Å²) in [4.78, 5) is 26.7. The number of nitrogens with one attached hydrogen (secondary N) is 2. The van der Waals surface area contributed by atoms with E-state index in [9.17, 15) is 9.59 Å². The fraction of sp³-hybridized carbons (Fsp3) is 0.310. The largest absolute Gasteiger partial charge is 0.457 e. The summed E-state index contributed by atoms with van der Waals surface area (Å²) in [5.74, 6) is 1.52. The van der Waals surface area contributed by atoms with Crippen molar-refractivity contribution in [1.29, 1.82) is 0 Å². The average Bonchev–Trinajstić information content (AvgIpc) is 2.88. The third-order valence-corrected chi connectivity index (χ3v) is 6.29. The SMILES string of the molecule is CC(=O)NCc1ccccc1Oc1ccccc1CCC(=O)N1CCNCC1Cc1ccccc1. The minimum Gasteiger partial charge on any atom is -0.457 e. The van der Waals surface area contributed by atoms with E-state index in [0.29, 0.717) is 25.1 Å². The van der Waals surface area contributed by atoms with Crippen molar-refractivity contribution in [2.75, 3.05) is 19.6 Å². The second-order valence-electron chi connectivity index (χ2n) is 8.86. The van der Waals surface area contributed by atoms with Gasteiger partial charge in [-0.1, -0.05) is 66.7 Å². The zero-order valence-electron chi connectivity index (χ0n) is 20.2. The Balaban J connectivity index is 1.41. The first-order valence-corrected chi connectivity index (χ1v) is 12.2. The van der Waals surface area contributed by atoms with Gasteiger partial charge in [-0.15, -0.1) is 0 Å². The molecule has 182 valence electrons. The second-order valence-corrected chi connectivity index (χ2v) is 8.86. The Hall–Kier alpha value is -3.64. The molecule has 2 amide bonds. The van der Waals surface area contributed by atoms with Crippen LogP contribution in [0.15, 0.2) is 78.9 Å². The van der Waals surface area contributed by atoms with Crippen LogP contribution in [0.1, 0.15) is 30.0 Å². The summed E-state index contributed by atoms with van der Waals surface area (Å²) < 4.78 is 6.26. The molecule has 0 spiro atoms. The molecular weight excluding hydrogens is 438 g/mol. The predicted octanol–water partition coefficient (Wildman–Crippen LogP) is 4.09. The molecule has 0 aromatic heterocycles. The van der Waals surface area contributed by atoms with Gasteiger partial charge in [0, 0.05) is 51.1 Å². The van der Waals surface area contributed by atoms with Crippen LogP contribution >= 0.6 is 0 Å². The highest BCUT2D eigenvalue weighted by molar-refractivity contribution is 5.77. The van der Waals surface area contributed by atoms with Gasteiger partial charge in [0.25, 0.3) is 0 Å². The first kappa shape index (κ1) is 24.5. The zero-order chi connectivity index (χ0) is 24.5. The maximum Gasteiger partial charge on any atom is 0.223 e. The summed E-state index contributed by atoms with van der Waals surface area (Å²) in [6, 6.07) is 26.0. The summed E-state index contributed by atoms with van der Waals surface area (Å²) >= 11 is 0. The maximum atomic E-state index is 13.3. The number of aryl methyl sites for hydroxylation is 1. The van der Waals surface area contributed by atoms with Crippen LogP contribution in [0.4, 0.5) is 0 Å². The van der Waals surface area contributed by atoms with Crippen LogP contribution in [0.3, 0.4) is 0 Å². The van der Waals surface area contributed by atoms with E-state index in [4.69, 9.17) is 4.74 Å². The van der Waals surface area contributed by atoms with Gasteiger partial charge in [-0.2, -0.15) is 0 Å². The molecule has 4 rings (SSSR count). The van der Waals surface area contributed by atoms with Crippen molar-refractivity contribution in [3.05, 3.63) is 95.6 Å². The Kier molecular flexibility index (Phi) is 8.52. The van der Waals surface area contributed by atoms with Crippen molar-refractivity contribution in [3.8, 4) is 11.5 Å². The van der Waals surface area contributed by atoms with Gasteiger partial charge in [0.05, 0.1) is 0 Å². The number of hydrogen-bond acceptors (Lipinski definition) is 4. The van der Waals surface area contributed by atoms with Crippen LogP contribution in [0.25, 0.3) is 0 Å². The molecule has 0 aliphatic carbocycles. The zero-order valence-corrected chi connectivity index (χ0v) is 20.2. The fourth-order valence-corrected chi connectivity index (χ4v) is 4.44. The van der Waals surface area contributed by atoms with Crippen LogP contribution in [0.5, 0.6) is 11.5 Å². The lowest BCUT2D eigenvalue weighted by molar-refractivity contribution is -0.134. The fourth-order valence-electron chi connectivity index (χ4n) is 4.44. The number of carbonyl (C=O) groups is 2. The molecule has 3 aromatic rings. The molecule has 0 radical (unpaired) electrons. The smallest absolute Gasteiger partial charge is 0.223 e. The quantitative estimate of drug-likeness (QED) is 0.493. The molecule has 1 fully saturated rings. The summed E-state index contributed by atoms with van der Waals surface area (Å²) in [5.41, 5.74) is 3.14. The van der Waals surface area contributed by atoms with Crippen LogP contribution in [-0.2, 0) is 29.0 Å². The third kappa shape index (κ3) is 6.93. The van der Waals surface area contributed by atoms with Gasteiger partial charge in [-0.3, -0.25) is 9.59 Å². The van der Waals surface area contributed by atoms with E-state index in [-0.39, 0.29) is 17.9 Å². The monoisotopic (exact) mass is 471 g/mol. The van der Waals surface area contributed by atoms with E-state index in [1.54, 1.807) is 0 Å². The summed E-state index contributed by atoms with van der Waals surface area (Å²) in [5, 5.41) is 6.26. The maximum absolute atomic E-state index is 13.3. The molecule has 1 unspecified atom stereocenters. The number of hydrogen-bond donors (Lipinski definition) is 2. The molecule has 35 heavy (non-hydrogen) atoms. The predicted molar refractivity (Wildman–Crippen MR) is 137 cm³/mol. The number of amides is 2. The van der Waals surface area contributed by atoms with Crippen LogP contribution in [0, 0.1) is 0 Å². The van der Waals surface area contributed by atoms with E-state index < -0.39 is 0 Å². The van der Waals surface area contributed by atoms with Crippen molar-refractivity contribution >= 4 is 11.8 Å². The molecule has 6 nitrogen and oxygen atoms in total. The topological polar surface area (TPSA) is 70.7 Å². The normalized spacial score (nSPS) is 15.5. The van der Waals surface area contributed by atoms with Crippen molar-refractivity contribution in [1.82, 2.24) is 15.5 Å². The molecule has 3 aromatic carbocycles. The van der Waals surface area contributed by atoms with E-state index in [1.807, 2.05) is 71.6 Å². The van der Waals surface area contributed by atoms with E-state index in [0.717, 1.165) is 42.9 Å². The number of carbonyl (C=O) groups excluding carboxylic acids is 2. The molecule has 1 atom stereocenters. The molecule has 1 aliphatic heterocycles. The van der Waals surface area contributed by atoms with Crippen LogP contribution in [0.2, 0.25) is 0 Å². The number of nitrogens with zero attached hydrogens (tertiary/aromatic N) is 1. The molecule has 0 saturated carbocycles. The lowest BCUT2D eigenvalue weighted by Gasteiger charge is -2.36. The second kappa shape index (κ2) is 12.2. The first-order chi connectivity index (χ1) is 17.1. The first-order valence-electron chi connectivity index (χ1n) is 12.2. The Bertz CT molecular complexity index is 1130.